The summed E-state index contributed by atoms with van der Waals surface area (Å²) in [5.74, 6) is -8.62. The average Bonchev–Trinajstić information content (AvgIpc) is 3.35. The first-order valence-corrected chi connectivity index (χ1v) is 12.9. The number of nitrogens with zero attached hydrogens (tertiary/aromatic N) is 3. The van der Waals surface area contributed by atoms with Crippen LogP contribution in [0.1, 0.15) is 24.2 Å². The van der Waals surface area contributed by atoms with Crippen molar-refractivity contribution in [2.75, 3.05) is 26.3 Å². The van der Waals surface area contributed by atoms with Gasteiger partial charge >= 0.3 is 36.4 Å². The van der Waals surface area contributed by atoms with Crippen molar-refractivity contribution in [3.63, 3.8) is 0 Å². The Bertz CT molecular complexity index is 1280. The van der Waals surface area contributed by atoms with Crippen LogP contribution in [0.15, 0.2) is 36.5 Å². The highest BCUT2D eigenvalue weighted by Crippen LogP contribution is 2.41. The lowest BCUT2D eigenvalue weighted by molar-refractivity contribution is -0.193. The predicted octanol–water partition coefficient (Wildman–Crippen LogP) is 4.88. The summed E-state index contributed by atoms with van der Waals surface area (Å²) < 4.78 is 121. The summed E-state index contributed by atoms with van der Waals surface area (Å²) in [6.07, 6.45) is -11.7. The molecule has 0 aromatic carbocycles. The summed E-state index contributed by atoms with van der Waals surface area (Å²) in [6, 6.07) is 9.07. The number of alkyl halides is 9. The monoisotopic (exact) mass is 699 g/mol. The lowest BCUT2D eigenvalue weighted by Crippen LogP contribution is -2.52. The van der Waals surface area contributed by atoms with Crippen molar-refractivity contribution in [1.82, 2.24) is 14.9 Å². The van der Waals surface area contributed by atoms with Gasteiger partial charge in [0, 0.05) is 43.5 Å². The third-order valence-corrected chi connectivity index (χ3v) is 6.13. The Hall–Kier alpha value is -4.27. The molecule has 2 aromatic heterocycles. The minimum atomic E-state index is -5.08. The molecule has 0 aliphatic carbocycles. The number of fused-ring (bicyclic) bond motifs is 1. The zero-order chi connectivity index (χ0) is 36.2. The van der Waals surface area contributed by atoms with E-state index in [9.17, 15) is 43.9 Å². The first kappa shape index (κ1) is 40.8. The van der Waals surface area contributed by atoms with Crippen LogP contribution < -0.4 is 4.74 Å². The second-order valence-electron chi connectivity index (χ2n) is 9.73. The normalized spacial score (nSPS) is 19.3. The number of hydrogen-bond donors (Lipinski definition) is 3. The molecule has 264 valence electrons. The van der Waals surface area contributed by atoms with Crippen molar-refractivity contribution in [1.29, 1.82) is 0 Å². The minimum Gasteiger partial charge on any atom is -0.475 e. The molecule has 2 aliphatic rings. The Balaban J connectivity index is 0.000000430. The number of pyridine rings is 2. The fraction of sp³-hybridized carbons (Fsp3) is 0.500. The van der Waals surface area contributed by atoms with Gasteiger partial charge in [-0.3, -0.25) is 9.88 Å². The molecule has 2 aliphatic heterocycles. The molecule has 3 N–H and O–H groups in total. The van der Waals surface area contributed by atoms with Gasteiger partial charge in [0.15, 0.2) is 5.82 Å². The van der Waals surface area contributed by atoms with E-state index < -0.39 is 42.3 Å². The van der Waals surface area contributed by atoms with Crippen LogP contribution in [0, 0.1) is 18.2 Å². The predicted molar refractivity (Wildman–Crippen MR) is 136 cm³/mol. The fourth-order valence-corrected chi connectivity index (χ4v) is 4.09. The van der Waals surface area contributed by atoms with Crippen LogP contribution in [0.25, 0.3) is 0 Å². The highest BCUT2D eigenvalue weighted by molar-refractivity contribution is 5.73. The molecule has 2 saturated heterocycles. The number of rotatable bonds is 5. The van der Waals surface area contributed by atoms with E-state index in [0.29, 0.717) is 6.61 Å². The van der Waals surface area contributed by atoms with Gasteiger partial charge < -0.3 is 24.8 Å². The van der Waals surface area contributed by atoms with Crippen molar-refractivity contribution < 1.29 is 83.1 Å². The van der Waals surface area contributed by atoms with Gasteiger partial charge in [-0.05, 0) is 44.0 Å². The molecule has 2 aromatic rings. The third kappa shape index (κ3) is 14.4. The molecule has 11 nitrogen and oxygen atoms in total. The van der Waals surface area contributed by atoms with Crippen LogP contribution in [0.3, 0.4) is 0 Å². The van der Waals surface area contributed by atoms with E-state index in [1.807, 2.05) is 19.1 Å². The molecule has 0 saturated carbocycles. The van der Waals surface area contributed by atoms with Gasteiger partial charge in [0.05, 0.1) is 18.4 Å². The number of hydrogen-bond acceptors (Lipinski definition) is 8. The van der Waals surface area contributed by atoms with Gasteiger partial charge in [-0.25, -0.2) is 23.8 Å². The first-order chi connectivity index (χ1) is 21.5. The number of ether oxygens (including phenoxy) is 2. The van der Waals surface area contributed by atoms with Crippen LogP contribution >= 0.6 is 0 Å². The molecular formula is C26H27F10N3O8. The maximum Gasteiger partial charge on any atom is 0.490 e. The summed E-state index contributed by atoms with van der Waals surface area (Å²) in [6.45, 7) is 5.81. The number of aliphatic carboxylic acids is 3. The first-order valence-electron chi connectivity index (χ1n) is 12.9. The summed E-state index contributed by atoms with van der Waals surface area (Å²) >= 11 is 0. The van der Waals surface area contributed by atoms with E-state index in [1.54, 1.807) is 12.3 Å². The number of aromatic nitrogens is 2. The van der Waals surface area contributed by atoms with Gasteiger partial charge in [0.2, 0.25) is 5.88 Å². The molecule has 4 rings (SSSR count). The average molecular weight is 699 g/mol. The zero-order valence-electron chi connectivity index (χ0n) is 24.0. The SMILES string of the molecule is Cc1cccc(CN2CC[C@H]3OCC[C@@]3(COc3ncccc3F)C2)n1.O=C(O)C(F)(F)F.O=C(O)C(F)(F)F.O=C(O)C(F)(F)F. The quantitative estimate of drug-likeness (QED) is 0.365. The summed E-state index contributed by atoms with van der Waals surface area (Å²) in [5.41, 5.74) is 1.99. The van der Waals surface area contributed by atoms with E-state index in [4.69, 9.17) is 39.2 Å². The largest absolute Gasteiger partial charge is 0.490 e. The number of piperidine rings is 1. The van der Waals surface area contributed by atoms with Crippen LogP contribution in [-0.2, 0) is 25.7 Å². The molecule has 21 heteroatoms. The zero-order valence-corrected chi connectivity index (χ0v) is 24.0. The molecule has 47 heavy (non-hydrogen) atoms. The Morgan fingerprint density at radius 2 is 1.47 bits per heavy atom. The summed E-state index contributed by atoms with van der Waals surface area (Å²) in [7, 11) is 0. The van der Waals surface area contributed by atoms with Crippen LogP contribution in [0.5, 0.6) is 5.88 Å². The van der Waals surface area contributed by atoms with Crippen molar-refractivity contribution >= 4 is 17.9 Å². The number of carboxylic acid groups (broad SMARTS) is 3. The maximum absolute atomic E-state index is 13.8. The second-order valence-corrected chi connectivity index (χ2v) is 9.73. The summed E-state index contributed by atoms with van der Waals surface area (Å²) in [4.78, 5) is 37.7. The highest BCUT2D eigenvalue weighted by atomic mass is 19.4. The van der Waals surface area contributed by atoms with E-state index in [0.717, 1.165) is 50.5 Å². The van der Waals surface area contributed by atoms with E-state index in [2.05, 4.69) is 20.9 Å². The Labute approximate surface area is 258 Å². The number of carbonyl (C=O) groups is 3. The van der Waals surface area contributed by atoms with Gasteiger partial charge in [-0.15, -0.1) is 0 Å². The third-order valence-electron chi connectivity index (χ3n) is 6.13. The van der Waals surface area contributed by atoms with Crippen LogP contribution in [0.2, 0.25) is 0 Å². The molecule has 2 atom stereocenters. The van der Waals surface area contributed by atoms with Crippen molar-refractivity contribution in [2.45, 2.75) is 50.9 Å². The molecular weight excluding hydrogens is 672 g/mol. The van der Waals surface area contributed by atoms with Crippen molar-refractivity contribution in [2.24, 2.45) is 5.41 Å². The molecule has 2 fully saturated rings. The minimum absolute atomic E-state index is 0.0741. The van der Waals surface area contributed by atoms with Crippen LogP contribution in [0.4, 0.5) is 43.9 Å². The molecule has 0 radical (unpaired) electrons. The second kappa shape index (κ2) is 17.0. The van der Waals surface area contributed by atoms with Crippen molar-refractivity contribution in [3.05, 3.63) is 53.7 Å². The molecule has 0 amide bonds. The molecule has 0 bridgehead atoms. The Morgan fingerprint density at radius 1 is 0.936 bits per heavy atom. The van der Waals surface area contributed by atoms with Gasteiger partial charge in [0.1, 0.15) is 0 Å². The molecule has 4 heterocycles. The Kier molecular flexibility index (Phi) is 14.8. The number of likely N-dealkylation sites (tertiary alicyclic amines) is 1. The Morgan fingerprint density at radius 3 is 1.94 bits per heavy atom. The lowest BCUT2D eigenvalue weighted by Gasteiger charge is -2.43. The highest BCUT2D eigenvalue weighted by Gasteiger charge is 2.49. The summed E-state index contributed by atoms with van der Waals surface area (Å²) in [5, 5.41) is 21.4. The van der Waals surface area contributed by atoms with Gasteiger partial charge in [-0.2, -0.15) is 39.5 Å². The van der Waals surface area contributed by atoms with E-state index >= 15 is 0 Å². The topological polar surface area (TPSA) is 159 Å². The van der Waals surface area contributed by atoms with E-state index in [1.165, 1.54) is 6.07 Å². The lowest BCUT2D eigenvalue weighted by atomic mass is 9.77. The standard InChI is InChI=1S/C20H24FN3O2.3C2HF3O2/c1-15-4-2-5-16(23-15)12-24-10-7-18-20(13-24,8-11-25-18)14-26-19-17(21)6-3-9-22-19;3*3-2(4,5)1(6)7/h2-6,9,18H,7-8,10-14H2,1H3;3*(H,6,7)/t18-,20+;;;/m1.../s1. The van der Waals surface area contributed by atoms with Crippen LogP contribution in [-0.4, -0.2) is 99.0 Å². The smallest absolute Gasteiger partial charge is 0.475 e. The number of aryl methyl sites for hydroxylation is 1. The number of halogens is 10. The maximum atomic E-state index is 13.8. The van der Waals surface area contributed by atoms with Gasteiger partial charge in [-0.1, -0.05) is 6.07 Å². The fourth-order valence-electron chi connectivity index (χ4n) is 4.09. The van der Waals surface area contributed by atoms with Gasteiger partial charge in [0.25, 0.3) is 0 Å². The number of carboxylic acids is 3. The molecule has 0 spiro atoms. The molecule has 0 unspecified atom stereocenters. The van der Waals surface area contributed by atoms with E-state index in [-0.39, 0.29) is 17.4 Å². The van der Waals surface area contributed by atoms with Crippen molar-refractivity contribution in [3.8, 4) is 5.88 Å².